The maximum atomic E-state index is 7.25. The second-order valence-corrected chi connectivity index (χ2v) is 14.1. The minimum absolute atomic E-state index is 0. The number of halogens is 4. The van der Waals surface area contributed by atoms with E-state index >= 15 is 0 Å². The summed E-state index contributed by atoms with van der Waals surface area (Å²) in [4.78, 5) is 15.8. The summed E-state index contributed by atoms with van der Waals surface area (Å²) in [6.45, 7) is 0. The molecule has 0 fully saturated rings. The molecule has 61 heavy (non-hydrogen) atoms. The molecule has 0 saturated carbocycles. The molecule has 318 valence electrons. The average molecular weight is 906 g/mol. The van der Waals surface area contributed by atoms with Crippen LogP contribution in [0.1, 0.15) is 0 Å². The highest BCUT2D eigenvalue weighted by atomic mass is 35.5. The number of rotatable bonds is 12. The number of anilines is 6. The van der Waals surface area contributed by atoms with Crippen molar-refractivity contribution >= 4 is 81.2 Å². The second-order valence-electron chi connectivity index (χ2n) is 13.8. The predicted octanol–water partition coefficient (Wildman–Crippen LogP) is -0.819. The lowest BCUT2D eigenvalue weighted by Gasteiger charge is -2.27. The van der Waals surface area contributed by atoms with E-state index in [-0.39, 0.29) is 37.2 Å². The molecule has 21 heteroatoms. The first-order valence-electron chi connectivity index (χ1n) is 18.2. The van der Waals surface area contributed by atoms with Crippen molar-refractivity contribution in [2.24, 2.45) is 73.0 Å². The van der Waals surface area contributed by atoms with Gasteiger partial charge in [0.15, 0.2) is 11.6 Å². The number of benzene rings is 3. The van der Waals surface area contributed by atoms with Gasteiger partial charge in [-0.3, -0.25) is 0 Å². The Kier molecular flexibility index (Phi) is 15.8. The second kappa shape index (κ2) is 20.3. The normalized spacial score (nSPS) is 11.2. The standard InChI is InChI=1S/C40H45ClN17.3ClH/c1-50-22-23-51(2)38(50)47-44-28-10-16-31(17-11-28)56(7)35-34(41)36(57(8)32-18-12-29(13-19-32)45-48-39-52(3)24-25-53(39)4)43-37(42-35)58(9)33-20-14-30(15-21-33)46-49-40-54(5)26-27-55(40)6;;;/h10-27H,1-9H3;3*1H/q+3;;;/p-3. The zero-order valence-corrected chi connectivity index (χ0v) is 38.0. The Hall–Kier alpha value is -6.27. The van der Waals surface area contributed by atoms with Crippen molar-refractivity contribution in [3.05, 3.63) is 115 Å². The fraction of sp³-hybridized carbons (Fsp3) is 0.225. The van der Waals surface area contributed by atoms with E-state index in [1.54, 1.807) is 0 Å². The Labute approximate surface area is 377 Å². The maximum Gasteiger partial charge on any atom is 0.421 e. The van der Waals surface area contributed by atoms with Gasteiger partial charge in [-0.15, -0.1) is 0 Å². The van der Waals surface area contributed by atoms with Crippen LogP contribution in [0.25, 0.3) is 0 Å². The summed E-state index contributed by atoms with van der Waals surface area (Å²) in [6.07, 6.45) is 11.6. The first kappa shape index (κ1) is 47.4. The third-order valence-electron chi connectivity index (χ3n) is 9.65. The highest BCUT2D eigenvalue weighted by molar-refractivity contribution is 6.35. The van der Waals surface area contributed by atoms with E-state index < -0.39 is 0 Å². The van der Waals surface area contributed by atoms with E-state index in [0.717, 1.165) is 34.9 Å². The predicted molar refractivity (Wildman–Crippen MR) is 223 cm³/mol. The van der Waals surface area contributed by atoms with Gasteiger partial charge < -0.3 is 51.9 Å². The minimum Gasteiger partial charge on any atom is -1.00 e. The van der Waals surface area contributed by atoms with Crippen LogP contribution in [-0.2, 0) is 42.3 Å². The lowest BCUT2D eigenvalue weighted by atomic mass is 10.2. The Morgan fingerprint density at radius 2 is 0.738 bits per heavy atom. The monoisotopic (exact) mass is 903 g/mol. The summed E-state index contributed by atoms with van der Waals surface area (Å²) in [5, 5.41) is 27.0. The van der Waals surface area contributed by atoms with Crippen LogP contribution in [0.5, 0.6) is 0 Å². The Morgan fingerprint density at radius 3 is 1.00 bits per heavy atom. The van der Waals surface area contributed by atoms with Crippen molar-refractivity contribution in [3.8, 4) is 0 Å². The first-order valence-corrected chi connectivity index (χ1v) is 18.6. The first-order chi connectivity index (χ1) is 27.9. The molecule has 0 spiro atoms. The summed E-state index contributed by atoms with van der Waals surface area (Å²) in [5.74, 6) is 3.62. The number of aryl methyl sites for hydroxylation is 6. The number of hydrogen-bond acceptors (Lipinski definition) is 11. The van der Waals surface area contributed by atoms with Gasteiger partial charge in [0.1, 0.15) is 22.1 Å². The summed E-state index contributed by atoms with van der Waals surface area (Å²) in [5.41, 5.74) is 4.64. The molecule has 0 unspecified atom stereocenters. The summed E-state index contributed by atoms with van der Waals surface area (Å²) >= 11 is 7.25. The maximum absolute atomic E-state index is 7.25. The van der Waals surface area contributed by atoms with E-state index in [2.05, 4.69) is 30.7 Å². The van der Waals surface area contributed by atoms with Gasteiger partial charge in [-0.1, -0.05) is 26.9 Å². The quantitative estimate of drug-likeness (QED) is 0.117. The van der Waals surface area contributed by atoms with Gasteiger partial charge in [-0.05, 0) is 72.8 Å². The van der Waals surface area contributed by atoms with Gasteiger partial charge >= 0.3 is 17.8 Å². The van der Waals surface area contributed by atoms with Crippen LogP contribution in [0.4, 0.5) is 69.6 Å². The lowest BCUT2D eigenvalue weighted by Crippen LogP contribution is -3.00. The molecule has 4 aromatic heterocycles. The molecule has 0 aliphatic heterocycles. The van der Waals surface area contributed by atoms with Crippen LogP contribution < -0.4 is 65.6 Å². The van der Waals surface area contributed by atoms with Gasteiger partial charge in [0.05, 0.1) is 79.5 Å². The summed E-state index contributed by atoms with van der Waals surface area (Å²) in [6, 6.07) is 23.1. The van der Waals surface area contributed by atoms with Crippen molar-refractivity contribution in [1.29, 1.82) is 0 Å². The lowest BCUT2D eigenvalue weighted by molar-refractivity contribution is -0.657. The smallest absolute Gasteiger partial charge is 0.421 e. The zero-order valence-electron chi connectivity index (χ0n) is 35.0. The van der Waals surface area contributed by atoms with Gasteiger partial charge in [-0.2, -0.15) is 9.97 Å². The van der Waals surface area contributed by atoms with Crippen LogP contribution in [0.2, 0.25) is 5.02 Å². The molecular weight excluding hydrogens is 860 g/mol. The van der Waals surface area contributed by atoms with Gasteiger partial charge in [0, 0.05) is 53.5 Å². The Bertz CT molecular complexity index is 2460. The number of nitrogens with zero attached hydrogens (tertiary/aromatic N) is 17. The van der Waals surface area contributed by atoms with E-state index in [1.807, 2.05) is 216 Å². The molecule has 0 atom stereocenters. The fourth-order valence-electron chi connectivity index (χ4n) is 6.07. The van der Waals surface area contributed by atoms with Crippen LogP contribution in [0.3, 0.4) is 0 Å². The van der Waals surface area contributed by atoms with Crippen LogP contribution in [0, 0.1) is 0 Å². The molecule has 0 saturated heterocycles. The van der Waals surface area contributed by atoms with Crippen molar-refractivity contribution in [2.75, 3.05) is 35.8 Å². The third-order valence-corrected chi connectivity index (χ3v) is 9.99. The van der Waals surface area contributed by atoms with E-state index in [9.17, 15) is 0 Å². The molecule has 0 amide bonds. The summed E-state index contributed by atoms with van der Waals surface area (Å²) in [7, 11) is 17.3. The molecule has 7 aromatic rings. The third kappa shape index (κ3) is 10.4. The van der Waals surface area contributed by atoms with E-state index in [4.69, 9.17) is 21.6 Å². The molecule has 7 rings (SSSR count). The van der Waals surface area contributed by atoms with Crippen molar-refractivity contribution in [2.45, 2.75) is 0 Å². The Balaban J connectivity index is 0.00000273. The topological polar surface area (TPSA) is 136 Å². The minimum atomic E-state index is 0. The molecule has 0 N–H and O–H groups in total. The number of imidazole rings is 3. The highest BCUT2D eigenvalue weighted by Gasteiger charge is 2.23. The Morgan fingerprint density at radius 1 is 0.459 bits per heavy atom. The van der Waals surface area contributed by atoms with Gasteiger partial charge in [0.25, 0.3) is 0 Å². The molecule has 0 bridgehead atoms. The molecule has 0 radical (unpaired) electrons. The molecular formula is C40H45Cl4N17. The van der Waals surface area contributed by atoms with Gasteiger partial charge in [-0.25, -0.2) is 27.4 Å². The van der Waals surface area contributed by atoms with Crippen LogP contribution in [0.15, 0.2) is 141 Å². The fourth-order valence-corrected chi connectivity index (χ4v) is 6.41. The molecule has 17 nitrogen and oxygen atoms in total. The van der Waals surface area contributed by atoms with E-state index in [1.165, 1.54) is 0 Å². The van der Waals surface area contributed by atoms with Crippen molar-refractivity contribution in [1.82, 2.24) is 23.7 Å². The van der Waals surface area contributed by atoms with Crippen LogP contribution in [-0.4, -0.2) is 44.8 Å². The van der Waals surface area contributed by atoms with Crippen molar-refractivity contribution in [3.63, 3.8) is 0 Å². The zero-order chi connectivity index (χ0) is 41.1. The number of aromatic nitrogens is 8. The van der Waals surface area contributed by atoms with Crippen LogP contribution >= 0.6 is 11.6 Å². The molecule has 3 aromatic carbocycles. The van der Waals surface area contributed by atoms with Crippen molar-refractivity contribution < 1.29 is 50.9 Å². The largest absolute Gasteiger partial charge is 1.00 e. The van der Waals surface area contributed by atoms with Gasteiger partial charge in [0.2, 0.25) is 5.95 Å². The average Bonchev–Trinajstić information content (AvgIpc) is 3.86. The van der Waals surface area contributed by atoms with E-state index in [0.29, 0.717) is 39.7 Å². The molecule has 4 heterocycles. The molecule has 0 aliphatic carbocycles. The summed E-state index contributed by atoms with van der Waals surface area (Å²) < 4.78 is 11.4. The SMILES string of the molecule is CN(c1ccc(/N=N/c2n(C)cc[n+]2C)cc1)c1nc(N(C)c2ccc(/N=N/c3n(C)cc[n+]3C)cc2)c(Cl)c(N(C)c2ccc(/N=N/c3n(C)cc[n+]3C)cc2)n1.[Cl-].[Cl-].[Cl-]. The number of hydrogen-bond donors (Lipinski definition) is 0. The number of azo groups is 3. The highest BCUT2D eigenvalue weighted by Crippen LogP contribution is 2.40. The molecule has 0 aliphatic rings.